The van der Waals surface area contributed by atoms with Crippen LogP contribution in [0.15, 0.2) is 12.2 Å². The van der Waals surface area contributed by atoms with Crippen LogP contribution in [0.3, 0.4) is 0 Å². The molecule has 0 amide bonds. The highest BCUT2D eigenvalue weighted by Gasteiger charge is 1.96. The van der Waals surface area contributed by atoms with Crippen LogP contribution in [-0.2, 0) is 4.79 Å². The van der Waals surface area contributed by atoms with Crippen molar-refractivity contribution in [2.24, 2.45) is 0 Å². The van der Waals surface area contributed by atoms with Crippen molar-refractivity contribution >= 4 is 5.97 Å². The molecule has 2 unspecified atom stereocenters. The summed E-state index contributed by atoms with van der Waals surface area (Å²) < 4.78 is 0. The van der Waals surface area contributed by atoms with Gasteiger partial charge in [0.05, 0.1) is 0 Å². The molecule has 0 fully saturated rings. The van der Waals surface area contributed by atoms with Crippen molar-refractivity contribution < 1.29 is 20.1 Å². The summed E-state index contributed by atoms with van der Waals surface area (Å²) in [5.74, 6) is -0.664. The SMILES string of the molecule is CC(O)NC(C)O.CCCCCCCC/C=C\CCCCCCCC(=O)O. The standard InChI is InChI=1S/C18H34O2.C4H11NO2/c1-2-3-4-5-6-7-8-9-10-11-12-13-14-15-16-17-18(19)20;1-3(6)5-4(2)7/h9-10H,2-8,11-17H2,1H3,(H,19,20);3-7H,1-2H3/b10-9-;. The van der Waals surface area contributed by atoms with Crippen molar-refractivity contribution in [1.82, 2.24) is 5.32 Å². The van der Waals surface area contributed by atoms with Gasteiger partial charge in [0.15, 0.2) is 0 Å². The van der Waals surface area contributed by atoms with Gasteiger partial charge < -0.3 is 15.3 Å². The fourth-order valence-corrected chi connectivity index (χ4v) is 2.70. The Morgan fingerprint density at radius 1 is 0.778 bits per heavy atom. The number of carboxylic acids is 1. The topological polar surface area (TPSA) is 89.8 Å². The van der Waals surface area contributed by atoms with Gasteiger partial charge in [-0.15, -0.1) is 0 Å². The minimum atomic E-state index is -0.664. The molecule has 0 bridgehead atoms. The van der Waals surface area contributed by atoms with Crippen LogP contribution >= 0.6 is 0 Å². The molecule has 2 atom stereocenters. The van der Waals surface area contributed by atoms with E-state index in [9.17, 15) is 4.79 Å². The summed E-state index contributed by atoms with van der Waals surface area (Å²) in [6, 6.07) is 0. The smallest absolute Gasteiger partial charge is 0.303 e. The van der Waals surface area contributed by atoms with Crippen LogP contribution in [0.5, 0.6) is 0 Å². The molecule has 4 N–H and O–H groups in total. The van der Waals surface area contributed by atoms with E-state index in [-0.39, 0.29) is 0 Å². The fourth-order valence-electron chi connectivity index (χ4n) is 2.70. The van der Waals surface area contributed by atoms with E-state index in [1.165, 1.54) is 70.6 Å². The number of aliphatic hydroxyl groups is 2. The molecule has 0 saturated heterocycles. The molecule has 0 aromatic rings. The van der Waals surface area contributed by atoms with E-state index < -0.39 is 18.4 Å². The van der Waals surface area contributed by atoms with E-state index in [0.717, 1.165) is 12.8 Å². The zero-order chi connectivity index (χ0) is 20.8. The van der Waals surface area contributed by atoms with Crippen LogP contribution in [0.4, 0.5) is 0 Å². The second-order valence-corrected chi connectivity index (χ2v) is 7.25. The lowest BCUT2D eigenvalue weighted by atomic mass is 10.1. The Hall–Kier alpha value is -0.910. The van der Waals surface area contributed by atoms with E-state index in [0.29, 0.717) is 6.42 Å². The predicted octanol–water partition coefficient (Wildman–Crippen LogP) is 5.36. The van der Waals surface area contributed by atoms with Crippen LogP contribution in [0.2, 0.25) is 0 Å². The first-order valence-corrected chi connectivity index (χ1v) is 10.9. The van der Waals surface area contributed by atoms with Gasteiger partial charge in [-0.2, -0.15) is 0 Å². The normalized spacial score (nSPS) is 13.2. The molecule has 5 heteroatoms. The Morgan fingerprint density at radius 2 is 1.19 bits per heavy atom. The third-order valence-electron chi connectivity index (χ3n) is 4.13. The monoisotopic (exact) mass is 387 g/mol. The van der Waals surface area contributed by atoms with Gasteiger partial charge in [-0.25, -0.2) is 0 Å². The first kappa shape index (κ1) is 28.3. The number of carbonyl (C=O) groups is 1. The highest BCUT2D eigenvalue weighted by molar-refractivity contribution is 5.66. The van der Waals surface area contributed by atoms with Gasteiger partial charge in [-0.3, -0.25) is 10.1 Å². The number of carboxylic acid groups (broad SMARTS) is 1. The number of hydrogen-bond donors (Lipinski definition) is 4. The lowest BCUT2D eigenvalue weighted by Gasteiger charge is -2.08. The molecule has 0 aliphatic carbocycles. The summed E-state index contributed by atoms with van der Waals surface area (Å²) in [6.45, 7) is 5.36. The van der Waals surface area contributed by atoms with E-state index in [1.807, 2.05) is 0 Å². The Balaban J connectivity index is 0. The quantitative estimate of drug-likeness (QED) is 0.153. The van der Waals surface area contributed by atoms with Crippen LogP contribution in [0.25, 0.3) is 0 Å². The van der Waals surface area contributed by atoms with Gasteiger partial charge in [0.2, 0.25) is 0 Å². The van der Waals surface area contributed by atoms with Gasteiger partial charge in [0.25, 0.3) is 0 Å². The summed E-state index contributed by atoms with van der Waals surface area (Å²) in [4.78, 5) is 10.3. The molecule has 0 heterocycles. The first-order chi connectivity index (χ1) is 12.9. The lowest BCUT2D eigenvalue weighted by molar-refractivity contribution is -0.137. The van der Waals surface area contributed by atoms with Gasteiger partial charge >= 0.3 is 5.97 Å². The molecule has 0 rings (SSSR count). The van der Waals surface area contributed by atoms with Gasteiger partial charge in [-0.05, 0) is 46.0 Å². The van der Waals surface area contributed by atoms with Crippen molar-refractivity contribution in [1.29, 1.82) is 0 Å². The maximum atomic E-state index is 10.3. The van der Waals surface area contributed by atoms with E-state index in [1.54, 1.807) is 13.8 Å². The molecule has 0 spiro atoms. The Kier molecular flexibility index (Phi) is 24.2. The minimum absolute atomic E-state index is 0.332. The molecule has 0 aliphatic rings. The van der Waals surface area contributed by atoms with Gasteiger partial charge in [0, 0.05) is 6.42 Å². The number of rotatable bonds is 17. The zero-order valence-electron chi connectivity index (χ0n) is 18.0. The molecule has 5 nitrogen and oxygen atoms in total. The summed E-state index contributed by atoms with van der Waals surface area (Å²) in [5.41, 5.74) is 0. The second-order valence-electron chi connectivity index (χ2n) is 7.25. The number of aliphatic hydroxyl groups excluding tert-OH is 2. The van der Waals surface area contributed by atoms with Gasteiger partial charge in [0.1, 0.15) is 12.5 Å². The Labute approximate surface area is 167 Å². The second kappa shape index (κ2) is 23.1. The molecule has 0 aliphatic heterocycles. The van der Waals surface area contributed by atoms with Crippen molar-refractivity contribution in [2.45, 2.75) is 123 Å². The van der Waals surface area contributed by atoms with Crippen molar-refractivity contribution in [2.75, 3.05) is 0 Å². The third-order valence-corrected chi connectivity index (χ3v) is 4.13. The number of unbranched alkanes of at least 4 members (excludes halogenated alkanes) is 11. The molecular formula is C22H45NO4. The molecular weight excluding hydrogens is 342 g/mol. The molecule has 162 valence electrons. The summed E-state index contributed by atoms with van der Waals surface area (Å²) in [6.07, 6.45) is 20.0. The molecule has 0 aromatic carbocycles. The summed E-state index contributed by atoms with van der Waals surface area (Å²) in [7, 11) is 0. The summed E-state index contributed by atoms with van der Waals surface area (Å²) >= 11 is 0. The number of aliphatic carboxylic acids is 1. The lowest BCUT2D eigenvalue weighted by Crippen LogP contribution is -2.33. The first-order valence-electron chi connectivity index (χ1n) is 10.9. The van der Waals surface area contributed by atoms with Crippen molar-refractivity contribution in [3.63, 3.8) is 0 Å². The molecule has 27 heavy (non-hydrogen) atoms. The maximum Gasteiger partial charge on any atom is 0.303 e. The van der Waals surface area contributed by atoms with Crippen molar-refractivity contribution in [3.05, 3.63) is 12.2 Å². The fraction of sp³-hybridized carbons (Fsp3) is 0.864. The molecule has 0 radical (unpaired) electrons. The van der Waals surface area contributed by atoms with Gasteiger partial charge in [-0.1, -0.05) is 70.4 Å². The van der Waals surface area contributed by atoms with E-state index in [2.05, 4.69) is 24.4 Å². The van der Waals surface area contributed by atoms with E-state index >= 15 is 0 Å². The van der Waals surface area contributed by atoms with Crippen LogP contribution in [-0.4, -0.2) is 33.7 Å². The maximum absolute atomic E-state index is 10.3. The number of allylic oxidation sites excluding steroid dienone is 2. The minimum Gasteiger partial charge on any atom is -0.481 e. The zero-order valence-corrected chi connectivity index (χ0v) is 18.0. The van der Waals surface area contributed by atoms with Crippen LogP contribution < -0.4 is 5.32 Å². The van der Waals surface area contributed by atoms with Crippen LogP contribution in [0, 0.1) is 0 Å². The highest BCUT2D eigenvalue weighted by Crippen LogP contribution is 2.09. The van der Waals surface area contributed by atoms with Crippen LogP contribution in [0.1, 0.15) is 111 Å². The average molecular weight is 388 g/mol. The Morgan fingerprint density at radius 3 is 1.56 bits per heavy atom. The molecule has 0 saturated carbocycles. The average Bonchev–Trinajstić information content (AvgIpc) is 2.57. The largest absolute Gasteiger partial charge is 0.481 e. The predicted molar refractivity (Wildman–Crippen MR) is 114 cm³/mol. The number of nitrogens with one attached hydrogen (secondary N) is 1. The molecule has 0 aromatic heterocycles. The Bertz CT molecular complexity index is 324. The third kappa shape index (κ3) is 33.1. The summed E-state index contributed by atoms with van der Waals surface area (Å²) in [5, 5.41) is 27.8. The van der Waals surface area contributed by atoms with Crippen molar-refractivity contribution in [3.8, 4) is 0 Å². The highest BCUT2D eigenvalue weighted by atomic mass is 16.4. The number of hydrogen-bond acceptors (Lipinski definition) is 4. The van der Waals surface area contributed by atoms with E-state index in [4.69, 9.17) is 15.3 Å².